The summed E-state index contributed by atoms with van der Waals surface area (Å²) in [5, 5.41) is 0.718. The fourth-order valence-electron chi connectivity index (χ4n) is 2.97. The Hall–Kier alpha value is -2.25. The second-order valence-electron chi connectivity index (χ2n) is 6.56. The average molecular weight is 535 g/mol. The highest BCUT2D eigenvalue weighted by atomic mass is 79.9. The molecule has 0 spiro atoms. The number of ether oxygens (including phenoxy) is 1. The number of halogens is 3. The van der Waals surface area contributed by atoms with Gasteiger partial charge < -0.3 is 4.74 Å². The third kappa shape index (κ3) is 4.99. The van der Waals surface area contributed by atoms with Crippen LogP contribution in [-0.2, 0) is 11.4 Å². The Morgan fingerprint density at radius 3 is 2.52 bits per heavy atom. The molecule has 0 atom stereocenters. The quantitative estimate of drug-likeness (QED) is 0.316. The maximum atomic E-state index is 12.9. The summed E-state index contributed by atoms with van der Waals surface area (Å²) in [5.41, 5.74) is 1.99. The van der Waals surface area contributed by atoms with Crippen LogP contribution in [-0.4, -0.2) is 11.1 Å². The van der Waals surface area contributed by atoms with E-state index in [0.29, 0.717) is 32.0 Å². The van der Waals surface area contributed by atoms with E-state index in [2.05, 4.69) is 15.9 Å². The van der Waals surface area contributed by atoms with Crippen molar-refractivity contribution in [1.29, 1.82) is 0 Å². The van der Waals surface area contributed by atoms with Gasteiger partial charge in [0.15, 0.2) is 0 Å². The zero-order valence-electron chi connectivity index (χ0n) is 15.8. The summed E-state index contributed by atoms with van der Waals surface area (Å²) in [7, 11) is 0. The molecule has 1 aliphatic rings. The van der Waals surface area contributed by atoms with E-state index in [0.717, 1.165) is 21.8 Å². The molecule has 0 aromatic heterocycles. The van der Waals surface area contributed by atoms with Crippen molar-refractivity contribution in [1.82, 2.24) is 0 Å². The highest BCUT2D eigenvalue weighted by Gasteiger charge is 2.36. The number of hydrogen-bond donors (Lipinski definition) is 0. The van der Waals surface area contributed by atoms with E-state index in [9.17, 15) is 9.59 Å². The molecule has 2 amide bonds. The van der Waals surface area contributed by atoms with Crippen molar-refractivity contribution in [3.63, 3.8) is 0 Å². The molecule has 1 fully saturated rings. The van der Waals surface area contributed by atoms with Gasteiger partial charge in [-0.1, -0.05) is 63.4 Å². The lowest BCUT2D eigenvalue weighted by Gasteiger charge is -2.12. The van der Waals surface area contributed by atoms with E-state index in [1.54, 1.807) is 54.6 Å². The molecule has 0 unspecified atom stereocenters. The van der Waals surface area contributed by atoms with Crippen LogP contribution in [0.2, 0.25) is 10.0 Å². The van der Waals surface area contributed by atoms with E-state index < -0.39 is 0 Å². The van der Waals surface area contributed by atoms with Crippen LogP contribution >= 0.6 is 50.9 Å². The minimum absolute atomic E-state index is 0.226. The molecular weight excluding hydrogens is 521 g/mol. The lowest BCUT2D eigenvalue weighted by molar-refractivity contribution is -0.113. The van der Waals surface area contributed by atoms with E-state index in [1.165, 1.54) is 4.90 Å². The Morgan fingerprint density at radius 1 is 1.00 bits per heavy atom. The van der Waals surface area contributed by atoms with Gasteiger partial charge in [-0.3, -0.25) is 9.59 Å². The summed E-state index contributed by atoms with van der Waals surface area (Å²) in [4.78, 5) is 26.9. The second-order valence-corrected chi connectivity index (χ2v) is 9.31. The predicted octanol–water partition coefficient (Wildman–Crippen LogP) is 7.58. The van der Waals surface area contributed by atoms with Crippen molar-refractivity contribution < 1.29 is 14.3 Å². The normalized spacial score (nSPS) is 15.1. The van der Waals surface area contributed by atoms with Crippen molar-refractivity contribution in [3.8, 4) is 5.75 Å². The third-order valence-corrected chi connectivity index (χ3v) is 6.41. The van der Waals surface area contributed by atoms with Crippen LogP contribution in [0.15, 0.2) is 76.1 Å². The fraction of sp³-hybridized carbons (Fsp3) is 0.0435. The van der Waals surface area contributed by atoms with Crippen LogP contribution in [0.1, 0.15) is 11.1 Å². The number of benzene rings is 3. The van der Waals surface area contributed by atoms with Gasteiger partial charge >= 0.3 is 0 Å². The average Bonchev–Trinajstić information content (AvgIpc) is 3.02. The summed E-state index contributed by atoms with van der Waals surface area (Å²) in [5.74, 6) is 0.189. The molecule has 31 heavy (non-hydrogen) atoms. The number of imide groups is 1. The van der Waals surface area contributed by atoms with Crippen molar-refractivity contribution in [3.05, 3.63) is 97.3 Å². The molecule has 3 aromatic carbocycles. The van der Waals surface area contributed by atoms with Gasteiger partial charge in [-0.15, -0.1) is 0 Å². The van der Waals surface area contributed by atoms with E-state index in [-0.39, 0.29) is 17.8 Å². The standard InChI is InChI=1S/C23H14BrCl2NO3S/c24-16-7-9-20(30-13-14-6-8-17(25)12-19(14)26)15(10-16)11-21-22(28)27(23(29)31-21)18-4-2-1-3-5-18/h1-12H,13H2/b21-11-. The summed E-state index contributed by atoms with van der Waals surface area (Å²) >= 11 is 16.5. The number of rotatable bonds is 5. The first-order chi connectivity index (χ1) is 14.9. The zero-order valence-corrected chi connectivity index (χ0v) is 19.8. The molecular formula is C23H14BrCl2NO3S. The SMILES string of the molecule is O=C1S/C(=C\c2cc(Br)ccc2OCc2ccc(Cl)cc2Cl)C(=O)N1c1ccccc1. The monoisotopic (exact) mass is 533 g/mol. The molecule has 0 N–H and O–H groups in total. The molecule has 1 saturated heterocycles. The molecule has 4 rings (SSSR count). The molecule has 4 nitrogen and oxygen atoms in total. The van der Waals surface area contributed by atoms with Crippen molar-refractivity contribution >= 4 is 73.8 Å². The van der Waals surface area contributed by atoms with E-state index in [4.69, 9.17) is 27.9 Å². The minimum atomic E-state index is -0.368. The Bertz CT molecular complexity index is 1200. The Balaban J connectivity index is 1.61. The Kier molecular flexibility index (Phi) is 6.72. The van der Waals surface area contributed by atoms with Crippen LogP contribution < -0.4 is 9.64 Å². The number of para-hydroxylation sites is 1. The first-order valence-corrected chi connectivity index (χ1v) is 11.5. The van der Waals surface area contributed by atoms with Crippen molar-refractivity contribution in [2.75, 3.05) is 4.90 Å². The van der Waals surface area contributed by atoms with E-state index >= 15 is 0 Å². The zero-order chi connectivity index (χ0) is 22.0. The molecule has 1 heterocycles. The number of carbonyl (C=O) groups is 2. The van der Waals surface area contributed by atoms with Gasteiger partial charge in [-0.2, -0.15) is 0 Å². The molecule has 0 aliphatic carbocycles. The van der Waals surface area contributed by atoms with Gasteiger partial charge in [-0.25, -0.2) is 4.90 Å². The van der Waals surface area contributed by atoms with Gasteiger partial charge in [0.25, 0.3) is 11.1 Å². The largest absolute Gasteiger partial charge is 0.488 e. The van der Waals surface area contributed by atoms with Crippen LogP contribution in [0.5, 0.6) is 5.75 Å². The van der Waals surface area contributed by atoms with Crippen molar-refractivity contribution in [2.24, 2.45) is 0 Å². The molecule has 3 aromatic rings. The molecule has 8 heteroatoms. The highest BCUT2D eigenvalue weighted by molar-refractivity contribution is 9.10. The van der Waals surface area contributed by atoms with Gasteiger partial charge in [0.05, 0.1) is 10.6 Å². The smallest absolute Gasteiger partial charge is 0.298 e. The highest BCUT2D eigenvalue weighted by Crippen LogP contribution is 2.37. The Labute approximate surface area is 201 Å². The van der Waals surface area contributed by atoms with E-state index in [1.807, 2.05) is 18.2 Å². The summed E-state index contributed by atoms with van der Waals surface area (Å²) in [6, 6.07) is 19.5. The van der Waals surface area contributed by atoms with Crippen LogP contribution in [0.25, 0.3) is 6.08 Å². The van der Waals surface area contributed by atoms with Gasteiger partial charge in [0.2, 0.25) is 0 Å². The number of nitrogens with zero attached hydrogens (tertiary/aromatic N) is 1. The number of thioether (sulfide) groups is 1. The lowest BCUT2D eigenvalue weighted by atomic mass is 10.1. The maximum absolute atomic E-state index is 12.9. The van der Waals surface area contributed by atoms with Gasteiger partial charge in [0.1, 0.15) is 12.4 Å². The summed E-state index contributed by atoms with van der Waals surface area (Å²) < 4.78 is 6.79. The molecule has 0 radical (unpaired) electrons. The maximum Gasteiger partial charge on any atom is 0.298 e. The second kappa shape index (κ2) is 9.49. The fourth-order valence-corrected chi connectivity index (χ4v) is 4.64. The van der Waals surface area contributed by atoms with Crippen molar-refractivity contribution in [2.45, 2.75) is 6.61 Å². The molecule has 0 bridgehead atoms. The number of carbonyl (C=O) groups excluding carboxylic acids is 2. The summed E-state index contributed by atoms with van der Waals surface area (Å²) in [6.45, 7) is 0.226. The Morgan fingerprint density at radius 2 is 1.77 bits per heavy atom. The predicted molar refractivity (Wildman–Crippen MR) is 130 cm³/mol. The lowest BCUT2D eigenvalue weighted by Crippen LogP contribution is -2.27. The number of anilines is 1. The van der Waals surface area contributed by atoms with Crippen LogP contribution in [0.4, 0.5) is 10.5 Å². The van der Waals surface area contributed by atoms with Gasteiger partial charge in [-0.05, 0) is 60.3 Å². The van der Waals surface area contributed by atoms with Gasteiger partial charge in [0, 0.05) is 25.6 Å². The molecule has 1 aliphatic heterocycles. The topological polar surface area (TPSA) is 46.6 Å². The molecule has 0 saturated carbocycles. The minimum Gasteiger partial charge on any atom is -0.488 e. The number of hydrogen-bond acceptors (Lipinski definition) is 4. The summed E-state index contributed by atoms with van der Waals surface area (Å²) in [6.07, 6.45) is 1.66. The molecule has 156 valence electrons. The first kappa shape index (κ1) is 22.0. The van der Waals surface area contributed by atoms with Crippen LogP contribution in [0, 0.1) is 0 Å². The first-order valence-electron chi connectivity index (χ1n) is 9.11. The third-order valence-electron chi connectivity index (χ3n) is 4.46. The number of amides is 2. The van der Waals surface area contributed by atoms with Crippen LogP contribution in [0.3, 0.4) is 0 Å².